The second-order valence-electron chi connectivity index (χ2n) is 8.42. The monoisotopic (exact) mass is 415 g/mol. The molecule has 31 heavy (non-hydrogen) atoms. The number of hydrogen-bond acceptors (Lipinski definition) is 4. The Morgan fingerprint density at radius 2 is 1.74 bits per heavy atom. The van der Waals surface area contributed by atoms with Crippen LogP contribution in [0.5, 0.6) is 0 Å². The maximum Gasteiger partial charge on any atom is 0.274 e. The molecule has 7 heteroatoms. The highest BCUT2D eigenvalue weighted by atomic mass is 19.1. The molecule has 0 amide bonds. The van der Waals surface area contributed by atoms with Crippen LogP contribution in [-0.2, 0) is 32.1 Å². The third kappa shape index (κ3) is 3.12. The summed E-state index contributed by atoms with van der Waals surface area (Å²) >= 11 is 0. The molecule has 6 rings (SSSR count). The van der Waals surface area contributed by atoms with Crippen LogP contribution in [-0.4, -0.2) is 19.6 Å². The van der Waals surface area contributed by atoms with Gasteiger partial charge in [-0.05, 0) is 72.4 Å². The SMILES string of the molecule is O=c1cc(Cc2ccccc2F)nc2nc(Nc3c4c(cc5c3CCC5)CCC4)[nH]n12. The fraction of sp³-hybridized carbons (Fsp3) is 0.292. The molecule has 2 aromatic carbocycles. The van der Waals surface area contributed by atoms with E-state index in [-0.39, 0.29) is 23.6 Å². The summed E-state index contributed by atoms with van der Waals surface area (Å²) in [5.41, 5.74) is 7.51. The summed E-state index contributed by atoms with van der Waals surface area (Å²) in [5.74, 6) is 0.480. The first kappa shape index (κ1) is 18.3. The minimum atomic E-state index is -0.305. The Kier molecular flexibility index (Phi) is 4.16. The van der Waals surface area contributed by atoms with Crippen molar-refractivity contribution in [3.63, 3.8) is 0 Å². The topological polar surface area (TPSA) is 75.1 Å². The lowest BCUT2D eigenvalue weighted by Crippen LogP contribution is -2.16. The van der Waals surface area contributed by atoms with Crippen molar-refractivity contribution in [3.05, 3.63) is 86.1 Å². The lowest BCUT2D eigenvalue weighted by atomic mass is 9.99. The van der Waals surface area contributed by atoms with E-state index in [2.05, 4.69) is 26.4 Å². The minimum Gasteiger partial charge on any atom is -0.324 e. The predicted molar refractivity (Wildman–Crippen MR) is 117 cm³/mol. The van der Waals surface area contributed by atoms with Crippen molar-refractivity contribution in [2.75, 3.05) is 5.32 Å². The molecule has 4 aromatic rings. The smallest absolute Gasteiger partial charge is 0.274 e. The first-order valence-corrected chi connectivity index (χ1v) is 10.8. The van der Waals surface area contributed by atoms with E-state index in [1.165, 1.54) is 51.7 Å². The van der Waals surface area contributed by atoms with Gasteiger partial charge in [0.25, 0.3) is 11.3 Å². The van der Waals surface area contributed by atoms with Gasteiger partial charge < -0.3 is 5.32 Å². The minimum absolute atomic E-state index is 0.244. The zero-order valence-corrected chi connectivity index (χ0v) is 17.0. The molecule has 0 saturated carbocycles. The first-order valence-electron chi connectivity index (χ1n) is 10.8. The van der Waals surface area contributed by atoms with Gasteiger partial charge in [0.05, 0.1) is 5.69 Å². The Morgan fingerprint density at radius 1 is 1.00 bits per heavy atom. The average molecular weight is 415 g/mol. The molecule has 0 saturated heterocycles. The predicted octanol–water partition coefficient (Wildman–Crippen LogP) is 3.87. The number of aromatic amines is 1. The molecule has 156 valence electrons. The second-order valence-corrected chi connectivity index (χ2v) is 8.42. The first-order chi connectivity index (χ1) is 15.2. The molecule has 0 radical (unpaired) electrons. The molecule has 6 nitrogen and oxygen atoms in total. The van der Waals surface area contributed by atoms with Crippen molar-refractivity contribution in [3.8, 4) is 0 Å². The number of aromatic nitrogens is 4. The van der Waals surface area contributed by atoms with Gasteiger partial charge in [-0.2, -0.15) is 9.50 Å². The number of halogens is 1. The second kappa shape index (κ2) is 7.04. The largest absolute Gasteiger partial charge is 0.324 e. The van der Waals surface area contributed by atoms with Crippen molar-refractivity contribution < 1.29 is 4.39 Å². The van der Waals surface area contributed by atoms with Crippen LogP contribution >= 0.6 is 0 Å². The quantitative estimate of drug-likeness (QED) is 0.531. The van der Waals surface area contributed by atoms with E-state index >= 15 is 0 Å². The van der Waals surface area contributed by atoms with Gasteiger partial charge in [-0.3, -0.25) is 9.89 Å². The number of rotatable bonds is 4. The van der Waals surface area contributed by atoms with E-state index in [0.29, 0.717) is 17.2 Å². The number of nitrogens with zero attached hydrogens (tertiary/aromatic N) is 3. The number of H-pyrrole nitrogens is 1. The van der Waals surface area contributed by atoms with Gasteiger partial charge in [-0.15, -0.1) is 0 Å². The van der Waals surface area contributed by atoms with Gasteiger partial charge in [-0.1, -0.05) is 24.3 Å². The maximum atomic E-state index is 14.0. The normalized spacial score (nSPS) is 14.7. The lowest BCUT2D eigenvalue weighted by Gasteiger charge is -2.15. The Balaban J connectivity index is 1.38. The summed E-state index contributed by atoms with van der Waals surface area (Å²) in [6.45, 7) is 0. The highest BCUT2D eigenvalue weighted by molar-refractivity contribution is 5.70. The third-order valence-electron chi connectivity index (χ3n) is 6.43. The van der Waals surface area contributed by atoms with Gasteiger partial charge in [-0.25, -0.2) is 9.37 Å². The molecular weight excluding hydrogens is 393 g/mol. The maximum absolute atomic E-state index is 14.0. The summed E-state index contributed by atoms with van der Waals surface area (Å²) in [7, 11) is 0. The Hall–Kier alpha value is -3.48. The van der Waals surface area contributed by atoms with Crippen LogP contribution in [0.3, 0.4) is 0 Å². The van der Waals surface area contributed by atoms with Crippen LogP contribution in [0.15, 0.2) is 41.2 Å². The van der Waals surface area contributed by atoms with Crippen molar-refractivity contribution >= 4 is 17.4 Å². The zero-order chi connectivity index (χ0) is 20.9. The standard InChI is InChI=1S/C24H22FN5O/c25-20-10-2-1-5-16(20)12-17-13-21(31)30-24(26-17)28-23(29-30)27-22-18-8-3-6-14(18)11-15-7-4-9-19(15)22/h1-2,5,10-11,13H,3-4,6-9,12H2,(H2,26,27,28,29). The molecule has 0 bridgehead atoms. The molecule has 0 fully saturated rings. The number of anilines is 2. The highest BCUT2D eigenvalue weighted by Crippen LogP contribution is 2.39. The molecule has 2 heterocycles. The van der Waals surface area contributed by atoms with Gasteiger partial charge in [0.15, 0.2) is 0 Å². The number of benzene rings is 2. The Bertz CT molecular complexity index is 1350. The van der Waals surface area contributed by atoms with E-state index < -0.39 is 0 Å². The zero-order valence-electron chi connectivity index (χ0n) is 17.0. The molecular formula is C24H22FN5O. The molecule has 2 aliphatic rings. The number of aryl methyl sites for hydroxylation is 2. The van der Waals surface area contributed by atoms with Crippen molar-refractivity contribution in [2.45, 2.75) is 44.9 Å². The molecule has 2 N–H and O–H groups in total. The van der Waals surface area contributed by atoms with Crippen LogP contribution in [0.2, 0.25) is 0 Å². The van der Waals surface area contributed by atoms with Crippen LogP contribution < -0.4 is 10.9 Å². The van der Waals surface area contributed by atoms with Gasteiger partial charge >= 0.3 is 0 Å². The third-order valence-corrected chi connectivity index (χ3v) is 6.43. The number of fused-ring (bicyclic) bond motifs is 3. The summed E-state index contributed by atoms with van der Waals surface area (Å²) in [4.78, 5) is 21.7. The molecule has 0 unspecified atom stereocenters. The van der Waals surface area contributed by atoms with Crippen LogP contribution in [0.4, 0.5) is 16.0 Å². The Labute approximate surface area is 178 Å². The van der Waals surface area contributed by atoms with Gasteiger partial charge in [0.2, 0.25) is 5.95 Å². The van der Waals surface area contributed by atoms with E-state index in [1.807, 2.05) is 0 Å². The van der Waals surface area contributed by atoms with Crippen molar-refractivity contribution in [2.24, 2.45) is 0 Å². The highest BCUT2D eigenvalue weighted by Gasteiger charge is 2.24. The van der Waals surface area contributed by atoms with Gasteiger partial charge in [0.1, 0.15) is 5.82 Å². The van der Waals surface area contributed by atoms with E-state index in [9.17, 15) is 9.18 Å². The van der Waals surface area contributed by atoms with Crippen LogP contribution in [0, 0.1) is 5.82 Å². The molecule has 0 spiro atoms. The summed E-state index contributed by atoms with van der Waals surface area (Å²) in [6.07, 6.45) is 6.97. The van der Waals surface area contributed by atoms with E-state index in [4.69, 9.17) is 0 Å². The fourth-order valence-corrected chi connectivity index (χ4v) is 5.00. The van der Waals surface area contributed by atoms with Crippen molar-refractivity contribution in [1.82, 2.24) is 19.6 Å². The number of hydrogen-bond donors (Lipinski definition) is 2. The summed E-state index contributed by atoms with van der Waals surface area (Å²) in [5, 5.41) is 6.52. The lowest BCUT2D eigenvalue weighted by molar-refractivity contribution is 0.613. The van der Waals surface area contributed by atoms with E-state index in [0.717, 1.165) is 31.4 Å². The summed E-state index contributed by atoms with van der Waals surface area (Å²) in [6, 6.07) is 10.3. The summed E-state index contributed by atoms with van der Waals surface area (Å²) < 4.78 is 15.3. The van der Waals surface area contributed by atoms with Crippen molar-refractivity contribution in [1.29, 1.82) is 0 Å². The molecule has 2 aliphatic carbocycles. The van der Waals surface area contributed by atoms with E-state index in [1.54, 1.807) is 18.2 Å². The van der Waals surface area contributed by atoms with Crippen LogP contribution in [0.1, 0.15) is 46.4 Å². The molecule has 0 atom stereocenters. The van der Waals surface area contributed by atoms with Crippen LogP contribution in [0.25, 0.3) is 5.78 Å². The fourth-order valence-electron chi connectivity index (χ4n) is 5.00. The molecule has 2 aromatic heterocycles. The molecule has 0 aliphatic heterocycles. The Morgan fingerprint density at radius 3 is 2.48 bits per heavy atom. The number of nitrogens with one attached hydrogen (secondary N) is 2. The average Bonchev–Trinajstić information content (AvgIpc) is 3.48. The van der Waals surface area contributed by atoms with Gasteiger partial charge in [0, 0.05) is 18.2 Å².